The molecule has 1 amide bonds. The first-order valence-electron chi connectivity index (χ1n) is 6.82. The van der Waals surface area contributed by atoms with Crippen LogP contribution in [0.25, 0.3) is 10.9 Å². The summed E-state index contributed by atoms with van der Waals surface area (Å²) in [6.07, 6.45) is 1.28. The monoisotopic (exact) mass is 314 g/mol. The second kappa shape index (κ2) is 5.84. The van der Waals surface area contributed by atoms with E-state index in [1.165, 1.54) is 6.20 Å². The van der Waals surface area contributed by atoms with Crippen LogP contribution in [-0.2, 0) is 6.54 Å². The molecule has 118 valence electrons. The van der Waals surface area contributed by atoms with Gasteiger partial charge in [0.2, 0.25) is 0 Å². The van der Waals surface area contributed by atoms with Gasteiger partial charge in [-0.05, 0) is 24.3 Å². The van der Waals surface area contributed by atoms with Gasteiger partial charge in [0.25, 0.3) is 11.5 Å². The molecule has 0 bridgehead atoms. The zero-order chi connectivity index (χ0) is 16.4. The first-order valence-corrected chi connectivity index (χ1v) is 6.82. The van der Waals surface area contributed by atoms with Crippen molar-refractivity contribution in [2.24, 2.45) is 0 Å². The van der Waals surface area contributed by atoms with E-state index in [-0.39, 0.29) is 18.0 Å². The highest BCUT2D eigenvalue weighted by atomic mass is 16.5. The molecule has 2 heterocycles. The van der Waals surface area contributed by atoms with Crippen LogP contribution in [0, 0.1) is 0 Å². The van der Waals surface area contributed by atoms with Crippen LogP contribution in [0.1, 0.15) is 16.1 Å². The first-order chi connectivity index (χ1) is 11.1. The predicted molar refractivity (Wildman–Crippen MR) is 83.7 cm³/mol. The van der Waals surface area contributed by atoms with E-state index in [1.54, 1.807) is 19.2 Å². The molecule has 0 fully saturated rings. The third-order valence-corrected chi connectivity index (χ3v) is 3.41. The highest BCUT2D eigenvalue weighted by molar-refractivity contribution is 5.98. The summed E-state index contributed by atoms with van der Waals surface area (Å²) in [6, 6.07) is 7.12. The molecule has 4 N–H and O–H groups in total. The maximum absolute atomic E-state index is 12.2. The Bertz CT molecular complexity index is 983. The third-order valence-electron chi connectivity index (χ3n) is 3.41. The van der Waals surface area contributed by atoms with E-state index in [1.807, 2.05) is 12.1 Å². The Kier molecular flexibility index (Phi) is 3.71. The number of amides is 1. The zero-order valence-corrected chi connectivity index (χ0v) is 12.2. The Labute approximate surface area is 129 Å². The van der Waals surface area contributed by atoms with Crippen molar-refractivity contribution >= 4 is 16.8 Å². The Morgan fingerprint density at radius 1 is 1.22 bits per heavy atom. The van der Waals surface area contributed by atoms with Crippen LogP contribution in [0.2, 0.25) is 0 Å². The van der Waals surface area contributed by atoms with Gasteiger partial charge in [-0.1, -0.05) is 0 Å². The molecular weight excluding hydrogens is 300 g/mol. The largest absolute Gasteiger partial charge is 0.497 e. The summed E-state index contributed by atoms with van der Waals surface area (Å²) in [7, 11) is 1.57. The van der Waals surface area contributed by atoms with Gasteiger partial charge in [0.15, 0.2) is 0 Å². The molecule has 23 heavy (non-hydrogen) atoms. The number of carbonyl (C=O) groups excluding carboxylic acids is 1. The van der Waals surface area contributed by atoms with E-state index in [9.17, 15) is 14.4 Å². The Morgan fingerprint density at radius 3 is 2.78 bits per heavy atom. The van der Waals surface area contributed by atoms with E-state index >= 15 is 0 Å². The summed E-state index contributed by atoms with van der Waals surface area (Å²) in [5, 5.41) is 3.47. The highest BCUT2D eigenvalue weighted by Crippen LogP contribution is 2.21. The fraction of sp³-hybridized carbons (Fsp3) is 0.133. The van der Waals surface area contributed by atoms with Crippen LogP contribution in [0.15, 0.2) is 40.1 Å². The Morgan fingerprint density at radius 2 is 2.04 bits per heavy atom. The summed E-state index contributed by atoms with van der Waals surface area (Å²) in [5.41, 5.74) is 0.313. The number of H-pyrrole nitrogens is 3. The molecule has 0 aliphatic rings. The lowest BCUT2D eigenvalue weighted by Crippen LogP contribution is -2.30. The fourth-order valence-electron chi connectivity index (χ4n) is 2.20. The minimum absolute atomic E-state index is 0.00360. The smallest absolute Gasteiger partial charge is 0.325 e. The van der Waals surface area contributed by atoms with Crippen molar-refractivity contribution in [3.63, 3.8) is 0 Å². The van der Waals surface area contributed by atoms with Crippen molar-refractivity contribution in [1.29, 1.82) is 0 Å². The zero-order valence-electron chi connectivity index (χ0n) is 12.2. The maximum Gasteiger partial charge on any atom is 0.325 e. The number of carbonyl (C=O) groups is 1. The lowest BCUT2D eigenvalue weighted by atomic mass is 10.2. The molecule has 3 aromatic rings. The molecule has 0 aliphatic carbocycles. The number of rotatable bonds is 4. The highest BCUT2D eigenvalue weighted by Gasteiger charge is 2.11. The molecule has 0 radical (unpaired) electrons. The van der Waals surface area contributed by atoms with Crippen molar-refractivity contribution in [1.82, 2.24) is 20.3 Å². The van der Waals surface area contributed by atoms with E-state index in [0.717, 1.165) is 10.9 Å². The molecule has 0 saturated heterocycles. The average Bonchev–Trinajstić information content (AvgIpc) is 2.96. The Hall–Kier alpha value is -3.29. The molecule has 8 nitrogen and oxygen atoms in total. The summed E-state index contributed by atoms with van der Waals surface area (Å²) in [4.78, 5) is 42.1. The number of hydrogen-bond acceptors (Lipinski definition) is 4. The molecular formula is C15H14N4O4. The molecule has 0 atom stereocenters. The number of benzene rings is 1. The molecule has 2 aromatic heterocycles. The van der Waals surface area contributed by atoms with Crippen LogP contribution in [0.4, 0.5) is 0 Å². The van der Waals surface area contributed by atoms with Gasteiger partial charge in [-0.3, -0.25) is 14.6 Å². The van der Waals surface area contributed by atoms with Gasteiger partial charge < -0.3 is 20.0 Å². The predicted octanol–water partition coefficient (Wildman–Crippen LogP) is 0.483. The number of methoxy groups -OCH3 is 1. The summed E-state index contributed by atoms with van der Waals surface area (Å²) >= 11 is 0. The lowest BCUT2D eigenvalue weighted by Gasteiger charge is -2.02. The molecule has 0 saturated carbocycles. The molecule has 0 spiro atoms. The van der Waals surface area contributed by atoms with E-state index in [4.69, 9.17) is 4.74 Å². The van der Waals surface area contributed by atoms with Crippen molar-refractivity contribution in [2.75, 3.05) is 7.11 Å². The van der Waals surface area contributed by atoms with Gasteiger partial charge in [0.05, 0.1) is 19.2 Å². The normalized spacial score (nSPS) is 10.7. The van der Waals surface area contributed by atoms with E-state index < -0.39 is 11.2 Å². The molecule has 8 heteroatoms. The van der Waals surface area contributed by atoms with Gasteiger partial charge >= 0.3 is 5.69 Å². The minimum atomic E-state index is -0.588. The summed E-state index contributed by atoms with van der Waals surface area (Å²) in [5.74, 6) is 0.342. The number of fused-ring (bicyclic) bond motifs is 1. The van der Waals surface area contributed by atoms with Gasteiger partial charge in [-0.2, -0.15) is 0 Å². The average molecular weight is 314 g/mol. The van der Waals surface area contributed by atoms with E-state index in [0.29, 0.717) is 11.4 Å². The van der Waals surface area contributed by atoms with Crippen LogP contribution in [0.5, 0.6) is 5.75 Å². The summed E-state index contributed by atoms with van der Waals surface area (Å²) in [6.45, 7) is 0.00360. The second-order valence-electron chi connectivity index (χ2n) is 4.92. The molecule has 3 rings (SSSR count). The standard InChI is InChI=1S/C15H14N4O4/c1-23-10-2-3-11-8(4-10)5-12(18-11)14(21)16-6-9-7-17-15(22)19-13(9)20/h2-5,7,18H,6H2,1H3,(H,16,21)(H2,17,19,20,22). The lowest BCUT2D eigenvalue weighted by molar-refractivity contribution is 0.0946. The number of ether oxygens (including phenoxy) is 1. The first kappa shape index (κ1) is 14.6. The number of aromatic nitrogens is 3. The molecule has 0 aliphatic heterocycles. The fourth-order valence-corrected chi connectivity index (χ4v) is 2.20. The van der Waals surface area contributed by atoms with Crippen molar-refractivity contribution in [3.8, 4) is 5.75 Å². The van der Waals surface area contributed by atoms with Gasteiger partial charge in [0, 0.05) is 17.1 Å². The third kappa shape index (κ3) is 3.00. The van der Waals surface area contributed by atoms with Crippen LogP contribution < -0.4 is 21.3 Å². The summed E-state index contributed by atoms with van der Waals surface area (Å²) < 4.78 is 5.14. The van der Waals surface area contributed by atoms with Crippen molar-refractivity contribution in [3.05, 3.63) is 62.6 Å². The Balaban J connectivity index is 1.77. The van der Waals surface area contributed by atoms with Gasteiger partial charge in [0.1, 0.15) is 11.4 Å². The van der Waals surface area contributed by atoms with Crippen LogP contribution in [-0.4, -0.2) is 28.0 Å². The van der Waals surface area contributed by atoms with Crippen LogP contribution >= 0.6 is 0 Å². The molecule has 0 unspecified atom stereocenters. The van der Waals surface area contributed by atoms with Crippen molar-refractivity contribution in [2.45, 2.75) is 6.54 Å². The van der Waals surface area contributed by atoms with Gasteiger partial charge in [-0.15, -0.1) is 0 Å². The second-order valence-corrected chi connectivity index (χ2v) is 4.92. The minimum Gasteiger partial charge on any atom is -0.497 e. The quantitative estimate of drug-likeness (QED) is 0.560. The molecule has 1 aromatic carbocycles. The number of aromatic amines is 3. The van der Waals surface area contributed by atoms with E-state index in [2.05, 4.69) is 20.3 Å². The number of hydrogen-bond donors (Lipinski definition) is 4. The van der Waals surface area contributed by atoms with Crippen LogP contribution in [0.3, 0.4) is 0 Å². The topological polar surface area (TPSA) is 120 Å². The van der Waals surface area contributed by atoms with Crippen molar-refractivity contribution < 1.29 is 9.53 Å². The maximum atomic E-state index is 12.2. The SMILES string of the molecule is COc1ccc2[nH]c(C(=O)NCc3c[nH]c(=O)[nH]c3=O)cc2c1. The number of nitrogens with one attached hydrogen (secondary N) is 4. The van der Waals surface area contributed by atoms with Gasteiger partial charge in [-0.25, -0.2) is 4.79 Å².